The van der Waals surface area contributed by atoms with Crippen LogP contribution in [0.5, 0.6) is 0 Å². The van der Waals surface area contributed by atoms with Crippen molar-refractivity contribution < 1.29 is 0 Å². The minimum atomic E-state index is 0.240. The first-order chi connectivity index (χ1) is 5.36. The predicted molar refractivity (Wildman–Crippen MR) is 43.4 cm³/mol. The summed E-state index contributed by atoms with van der Waals surface area (Å²) in [5.74, 6) is 0. The van der Waals surface area contributed by atoms with E-state index in [1.165, 1.54) is 0 Å². The quantitative estimate of drug-likeness (QED) is 0.556. The fourth-order valence-electron chi connectivity index (χ4n) is 0.896. The maximum absolute atomic E-state index is 5.57. The molecule has 3 heteroatoms. The van der Waals surface area contributed by atoms with E-state index in [9.17, 15) is 0 Å². The van der Waals surface area contributed by atoms with E-state index in [0.717, 1.165) is 10.9 Å². The summed E-state index contributed by atoms with van der Waals surface area (Å²) in [6.07, 6.45) is 2.77. The van der Waals surface area contributed by atoms with Gasteiger partial charge in [0.2, 0.25) is 5.28 Å². The first-order valence-electron chi connectivity index (χ1n) is 3.16. The molecule has 0 unspecified atom stereocenters. The number of hydrogen-bond acceptors (Lipinski definition) is 2. The van der Waals surface area contributed by atoms with E-state index < -0.39 is 0 Å². The van der Waals surface area contributed by atoms with Crippen molar-refractivity contribution in [2.75, 3.05) is 0 Å². The van der Waals surface area contributed by atoms with Gasteiger partial charge >= 0.3 is 0 Å². The maximum atomic E-state index is 5.57. The van der Waals surface area contributed by atoms with Crippen molar-refractivity contribution >= 4 is 22.5 Å². The van der Waals surface area contributed by atoms with Crippen molar-refractivity contribution in [2.45, 2.75) is 0 Å². The number of rotatable bonds is 0. The van der Waals surface area contributed by atoms with Crippen LogP contribution in [0.1, 0.15) is 0 Å². The van der Waals surface area contributed by atoms with Crippen LogP contribution >= 0.6 is 11.6 Å². The zero-order valence-corrected chi connectivity index (χ0v) is 6.34. The average Bonchev–Trinajstić information content (AvgIpc) is 2.04. The molecular weight excluding hydrogens is 160 g/mol. The molecule has 0 aliphatic heterocycles. The molecule has 11 heavy (non-hydrogen) atoms. The Bertz CT molecular complexity index is 387. The first kappa shape index (κ1) is 6.55. The lowest BCUT2D eigenvalue weighted by Gasteiger charge is -1.93. The topological polar surface area (TPSA) is 25.8 Å². The van der Waals surface area contributed by atoms with Crippen LogP contribution in [0.25, 0.3) is 10.9 Å². The summed E-state index contributed by atoms with van der Waals surface area (Å²) in [5.41, 5.74) is 0.826. The number of fused-ring (bicyclic) bond motifs is 1. The highest BCUT2D eigenvalue weighted by molar-refractivity contribution is 6.28. The summed E-state index contributed by atoms with van der Waals surface area (Å²) in [6.45, 7) is 0. The first-order valence-corrected chi connectivity index (χ1v) is 3.54. The second-order valence-corrected chi connectivity index (χ2v) is 2.46. The maximum Gasteiger partial charge on any atom is 0.223 e. The van der Waals surface area contributed by atoms with Gasteiger partial charge in [0.1, 0.15) is 6.20 Å². The second kappa shape index (κ2) is 2.47. The van der Waals surface area contributed by atoms with Crippen LogP contribution in [0.15, 0.2) is 24.3 Å². The third-order valence-corrected chi connectivity index (χ3v) is 1.55. The van der Waals surface area contributed by atoms with Gasteiger partial charge in [-0.25, -0.2) is 9.97 Å². The minimum absolute atomic E-state index is 0.240. The molecule has 1 radical (unpaired) electrons. The van der Waals surface area contributed by atoms with Crippen LogP contribution < -0.4 is 0 Å². The van der Waals surface area contributed by atoms with Gasteiger partial charge in [-0.3, -0.25) is 0 Å². The molecule has 0 aliphatic carbocycles. The van der Waals surface area contributed by atoms with Crippen molar-refractivity contribution in [2.24, 2.45) is 0 Å². The number of benzene rings is 1. The molecule has 0 saturated carbocycles. The summed E-state index contributed by atoms with van der Waals surface area (Å²) in [5, 5.41) is 1.13. The van der Waals surface area contributed by atoms with Gasteiger partial charge in [-0.05, 0) is 17.7 Å². The van der Waals surface area contributed by atoms with Gasteiger partial charge in [0, 0.05) is 5.39 Å². The Kier molecular flexibility index (Phi) is 1.47. The zero-order chi connectivity index (χ0) is 7.68. The summed E-state index contributed by atoms with van der Waals surface area (Å²) in [4.78, 5) is 7.74. The van der Waals surface area contributed by atoms with E-state index >= 15 is 0 Å². The second-order valence-electron chi connectivity index (χ2n) is 2.12. The van der Waals surface area contributed by atoms with Crippen LogP contribution in [0.2, 0.25) is 5.28 Å². The fourth-order valence-corrected chi connectivity index (χ4v) is 1.03. The van der Waals surface area contributed by atoms with Crippen molar-refractivity contribution in [1.82, 2.24) is 9.97 Å². The van der Waals surface area contributed by atoms with Crippen molar-refractivity contribution in [3.63, 3.8) is 0 Å². The van der Waals surface area contributed by atoms with Gasteiger partial charge in [-0.1, -0.05) is 18.2 Å². The van der Waals surface area contributed by atoms with E-state index in [4.69, 9.17) is 11.6 Å². The van der Waals surface area contributed by atoms with Gasteiger partial charge in [-0.15, -0.1) is 0 Å². The standard InChI is InChI=1S/C8H4ClN2/c9-8-10-5-6-3-1-2-4-7(6)11-8/h1-4H. The van der Waals surface area contributed by atoms with Crippen LogP contribution in [0, 0.1) is 6.20 Å². The molecule has 0 atom stereocenters. The number of halogens is 1. The van der Waals surface area contributed by atoms with Crippen molar-refractivity contribution in [3.8, 4) is 0 Å². The molecule has 2 aromatic rings. The molecule has 0 aliphatic rings. The zero-order valence-electron chi connectivity index (χ0n) is 5.58. The highest BCUT2D eigenvalue weighted by atomic mass is 35.5. The highest BCUT2D eigenvalue weighted by Crippen LogP contribution is 2.10. The molecule has 1 aromatic carbocycles. The Hall–Kier alpha value is -1.15. The lowest BCUT2D eigenvalue weighted by molar-refractivity contribution is 1.21. The monoisotopic (exact) mass is 163 g/mol. The molecule has 0 spiro atoms. The highest BCUT2D eigenvalue weighted by Gasteiger charge is 1.94. The Morgan fingerprint density at radius 1 is 1.27 bits per heavy atom. The fraction of sp³-hybridized carbons (Fsp3) is 0. The van der Waals surface area contributed by atoms with E-state index in [1.807, 2.05) is 24.3 Å². The predicted octanol–water partition coefficient (Wildman–Crippen LogP) is 2.08. The van der Waals surface area contributed by atoms with Crippen LogP contribution in [-0.4, -0.2) is 9.97 Å². The number of nitrogens with zero attached hydrogens (tertiary/aromatic N) is 2. The van der Waals surface area contributed by atoms with Crippen LogP contribution in [0.3, 0.4) is 0 Å². The summed E-state index contributed by atoms with van der Waals surface area (Å²) in [6, 6.07) is 7.58. The lowest BCUT2D eigenvalue weighted by atomic mass is 10.2. The molecule has 2 rings (SSSR count). The third-order valence-electron chi connectivity index (χ3n) is 1.39. The summed E-state index contributed by atoms with van der Waals surface area (Å²) >= 11 is 5.57. The molecule has 2 nitrogen and oxygen atoms in total. The van der Waals surface area contributed by atoms with Crippen molar-refractivity contribution in [3.05, 3.63) is 35.7 Å². The Balaban J connectivity index is 2.83. The molecular formula is C8H4ClN2. The summed E-state index contributed by atoms with van der Waals surface area (Å²) in [7, 11) is 0. The van der Waals surface area contributed by atoms with Gasteiger partial charge < -0.3 is 0 Å². The Morgan fingerprint density at radius 2 is 2.09 bits per heavy atom. The molecule has 0 bridgehead atoms. The molecule has 0 amide bonds. The van der Waals surface area contributed by atoms with Crippen molar-refractivity contribution in [1.29, 1.82) is 0 Å². The molecule has 53 valence electrons. The molecule has 0 fully saturated rings. The lowest BCUT2D eigenvalue weighted by Crippen LogP contribution is -1.82. The van der Waals surface area contributed by atoms with Crippen LogP contribution in [-0.2, 0) is 0 Å². The molecule has 0 saturated heterocycles. The SMILES string of the molecule is Clc1n[c]c2ccccc2n1. The minimum Gasteiger partial charge on any atom is -0.218 e. The van der Waals surface area contributed by atoms with E-state index in [1.54, 1.807) is 0 Å². The smallest absolute Gasteiger partial charge is 0.218 e. The number of aromatic nitrogens is 2. The normalized spacial score (nSPS) is 10.3. The third kappa shape index (κ3) is 1.17. The Labute approximate surface area is 68.9 Å². The van der Waals surface area contributed by atoms with Gasteiger partial charge in [-0.2, -0.15) is 0 Å². The van der Waals surface area contributed by atoms with E-state index in [0.29, 0.717) is 0 Å². The number of para-hydroxylation sites is 1. The average molecular weight is 164 g/mol. The molecule has 1 aromatic heterocycles. The van der Waals surface area contributed by atoms with Gasteiger partial charge in [0.25, 0.3) is 0 Å². The molecule has 1 heterocycles. The summed E-state index contributed by atoms with van der Waals surface area (Å²) < 4.78 is 0. The van der Waals surface area contributed by atoms with Gasteiger partial charge in [0.15, 0.2) is 0 Å². The van der Waals surface area contributed by atoms with Crippen LogP contribution in [0.4, 0.5) is 0 Å². The molecule has 0 N–H and O–H groups in total. The Morgan fingerprint density at radius 3 is 3.00 bits per heavy atom. The van der Waals surface area contributed by atoms with Gasteiger partial charge in [0.05, 0.1) is 5.52 Å². The van der Waals surface area contributed by atoms with E-state index in [2.05, 4.69) is 16.2 Å². The largest absolute Gasteiger partial charge is 0.223 e. The van der Waals surface area contributed by atoms with E-state index in [-0.39, 0.29) is 5.28 Å². The number of hydrogen-bond donors (Lipinski definition) is 0.